The molecular formula is C17H17Cl2N. The fourth-order valence-corrected chi connectivity index (χ4v) is 3.11. The third-order valence-electron chi connectivity index (χ3n) is 3.94. The Balaban J connectivity index is 1.62. The van der Waals surface area contributed by atoms with Crippen molar-refractivity contribution in [3.8, 4) is 0 Å². The lowest BCUT2D eigenvalue weighted by molar-refractivity contribution is 0.374. The fourth-order valence-electron chi connectivity index (χ4n) is 2.74. The zero-order chi connectivity index (χ0) is 14.1. The van der Waals surface area contributed by atoms with E-state index in [0.29, 0.717) is 12.0 Å². The molecule has 0 aliphatic heterocycles. The van der Waals surface area contributed by atoms with Crippen molar-refractivity contribution >= 4 is 28.9 Å². The standard InChI is InChI=1S/C17H17Cl2N/c1-11-5-6-16(19)17(7-11)20-15-9-13(10-15)12-3-2-4-14(18)8-12/h2-8,13,15,20H,9-10H2,1H3. The summed E-state index contributed by atoms with van der Waals surface area (Å²) in [6.07, 6.45) is 2.26. The van der Waals surface area contributed by atoms with Crippen molar-refractivity contribution in [2.45, 2.75) is 31.7 Å². The van der Waals surface area contributed by atoms with Crippen molar-refractivity contribution in [2.24, 2.45) is 0 Å². The van der Waals surface area contributed by atoms with Gasteiger partial charge in [0.05, 0.1) is 10.7 Å². The number of hydrogen-bond acceptors (Lipinski definition) is 1. The molecule has 0 heterocycles. The molecule has 0 atom stereocenters. The van der Waals surface area contributed by atoms with E-state index in [1.54, 1.807) is 0 Å². The zero-order valence-corrected chi connectivity index (χ0v) is 12.9. The minimum Gasteiger partial charge on any atom is -0.381 e. The van der Waals surface area contributed by atoms with Gasteiger partial charge in [-0.05, 0) is 61.1 Å². The second kappa shape index (κ2) is 5.67. The first-order chi connectivity index (χ1) is 9.61. The number of anilines is 1. The van der Waals surface area contributed by atoms with Gasteiger partial charge < -0.3 is 5.32 Å². The van der Waals surface area contributed by atoms with Crippen molar-refractivity contribution in [1.29, 1.82) is 0 Å². The molecule has 1 N–H and O–H groups in total. The number of rotatable bonds is 3. The SMILES string of the molecule is Cc1ccc(Cl)c(NC2CC(c3cccc(Cl)c3)C2)c1. The third-order valence-corrected chi connectivity index (χ3v) is 4.50. The van der Waals surface area contributed by atoms with E-state index < -0.39 is 0 Å². The molecule has 1 aliphatic rings. The van der Waals surface area contributed by atoms with E-state index in [-0.39, 0.29) is 0 Å². The van der Waals surface area contributed by atoms with Gasteiger partial charge in [-0.15, -0.1) is 0 Å². The Labute approximate surface area is 129 Å². The smallest absolute Gasteiger partial charge is 0.0637 e. The van der Waals surface area contributed by atoms with E-state index in [9.17, 15) is 0 Å². The topological polar surface area (TPSA) is 12.0 Å². The van der Waals surface area contributed by atoms with Gasteiger partial charge in [-0.1, -0.05) is 41.4 Å². The van der Waals surface area contributed by atoms with Gasteiger partial charge >= 0.3 is 0 Å². The van der Waals surface area contributed by atoms with E-state index in [0.717, 1.165) is 28.6 Å². The van der Waals surface area contributed by atoms with Crippen LogP contribution < -0.4 is 5.32 Å². The Kier molecular flexibility index (Phi) is 3.91. The summed E-state index contributed by atoms with van der Waals surface area (Å²) in [6, 6.07) is 14.8. The molecule has 0 amide bonds. The summed E-state index contributed by atoms with van der Waals surface area (Å²) in [4.78, 5) is 0. The summed E-state index contributed by atoms with van der Waals surface area (Å²) in [5.74, 6) is 0.606. The molecule has 1 aliphatic carbocycles. The maximum atomic E-state index is 6.22. The minimum absolute atomic E-state index is 0.498. The van der Waals surface area contributed by atoms with Gasteiger partial charge in [0, 0.05) is 11.1 Å². The van der Waals surface area contributed by atoms with Crippen LogP contribution >= 0.6 is 23.2 Å². The Bertz CT molecular complexity index is 618. The van der Waals surface area contributed by atoms with Gasteiger partial charge in [0.15, 0.2) is 0 Å². The van der Waals surface area contributed by atoms with Crippen LogP contribution in [0.15, 0.2) is 42.5 Å². The summed E-state index contributed by atoms with van der Waals surface area (Å²) in [5, 5.41) is 5.15. The fraction of sp³-hybridized carbons (Fsp3) is 0.294. The molecule has 0 bridgehead atoms. The number of halogens is 2. The van der Waals surface area contributed by atoms with Crippen molar-refractivity contribution in [3.63, 3.8) is 0 Å². The molecule has 1 saturated carbocycles. The van der Waals surface area contributed by atoms with Crippen molar-refractivity contribution < 1.29 is 0 Å². The van der Waals surface area contributed by atoms with Gasteiger partial charge in [-0.2, -0.15) is 0 Å². The van der Waals surface area contributed by atoms with Crippen molar-refractivity contribution in [1.82, 2.24) is 0 Å². The normalized spacial score (nSPS) is 21.4. The molecule has 104 valence electrons. The second-order valence-corrected chi connectivity index (χ2v) is 6.39. The lowest BCUT2D eigenvalue weighted by atomic mass is 9.76. The Morgan fingerprint density at radius 3 is 2.60 bits per heavy atom. The maximum Gasteiger partial charge on any atom is 0.0637 e. The van der Waals surface area contributed by atoms with Crippen LogP contribution in [0, 0.1) is 6.92 Å². The predicted molar refractivity (Wildman–Crippen MR) is 87.0 cm³/mol. The van der Waals surface area contributed by atoms with Crippen LogP contribution in [0.4, 0.5) is 5.69 Å². The van der Waals surface area contributed by atoms with Crippen LogP contribution in [-0.4, -0.2) is 6.04 Å². The summed E-state index contributed by atoms with van der Waals surface area (Å²) >= 11 is 12.3. The highest BCUT2D eigenvalue weighted by atomic mass is 35.5. The average Bonchev–Trinajstić information content (AvgIpc) is 2.37. The Morgan fingerprint density at radius 2 is 1.85 bits per heavy atom. The number of benzene rings is 2. The monoisotopic (exact) mass is 305 g/mol. The van der Waals surface area contributed by atoms with E-state index in [1.165, 1.54) is 11.1 Å². The Hall–Kier alpha value is -1.18. The van der Waals surface area contributed by atoms with Crippen molar-refractivity contribution in [2.75, 3.05) is 5.32 Å². The molecule has 20 heavy (non-hydrogen) atoms. The molecule has 1 fully saturated rings. The summed E-state index contributed by atoms with van der Waals surface area (Å²) in [5.41, 5.74) is 3.61. The Morgan fingerprint density at radius 1 is 1.05 bits per heavy atom. The first kappa shape index (κ1) is 13.8. The average molecular weight is 306 g/mol. The van der Waals surface area contributed by atoms with E-state index in [4.69, 9.17) is 23.2 Å². The quantitative estimate of drug-likeness (QED) is 0.771. The molecule has 0 radical (unpaired) electrons. The molecule has 3 rings (SSSR count). The van der Waals surface area contributed by atoms with Gasteiger partial charge in [-0.25, -0.2) is 0 Å². The zero-order valence-electron chi connectivity index (χ0n) is 11.4. The van der Waals surface area contributed by atoms with Gasteiger partial charge in [0.25, 0.3) is 0 Å². The van der Waals surface area contributed by atoms with Gasteiger partial charge in [0.1, 0.15) is 0 Å². The number of hydrogen-bond donors (Lipinski definition) is 1. The van der Waals surface area contributed by atoms with E-state index in [2.05, 4.69) is 30.4 Å². The highest BCUT2D eigenvalue weighted by Crippen LogP contribution is 2.40. The largest absolute Gasteiger partial charge is 0.381 e. The molecular weight excluding hydrogens is 289 g/mol. The summed E-state index contributed by atoms with van der Waals surface area (Å²) in [6.45, 7) is 2.08. The van der Waals surface area contributed by atoms with Crippen LogP contribution in [-0.2, 0) is 0 Å². The van der Waals surface area contributed by atoms with Crippen LogP contribution in [0.5, 0.6) is 0 Å². The highest BCUT2D eigenvalue weighted by molar-refractivity contribution is 6.33. The molecule has 0 saturated heterocycles. The van der Waals surface area contributed by atoms with Crippen LogP contribution in [0.3, 0.4) is 0 Å². The molecule has 2 aromatic rings. The second-order valence-electron chi connectivity index (χ2n) is 5.55. The first-order valence-corrected chi connectivity index (χ1v) is 7.65. The lowest BCUT2D eigenvalue weighted by Crippen LogP contribution is -2.34. The summed E-state index contributed by atoms with van der Waals surface area (Å²) in [7, 11) is 0. The van der Waals surface area contributed by atoms with Gasteiger partial charge in [-0.3, -0.25) is 0 Å². The molecule has 3 heteroatoms. The predicted octanol–water partition coefficient (Wildman–Crippen LogP) is 5.66. The summed E-state index contributed by atoms with van der Waals surface area (Å²) < 4.78 is 0. The third kappa shape index (κ3) is 2.94. The number of aryl methyl sites for hydroxylation is 1. The molecule has 1 nitrogen and oxygen atoms in total. The lowest BCUT2D eigenvalue weighted by Gasteiger charge is -2.37. The van der Waals surface area contributed by atoms with E-state index >= 15 is 0 Å². The van der Waals surface area contributed by atoms with Crippen LogP contribution in [0.1, 0.15) is 29.9 Å². The van der Waals surface area contributed by atoms with E-state index in [1.807, 2.05) is 24.3 Å². The highest BCUT2D eigenvalue weighted by Gasteiger charge is 2.30. The molecule has 0 spiro atoms. The minimum atomic E-state index is 0.498. The first-order valence-electron chi connectivity index (χ1n) is 6.90. The van der Waals surface area contributed by atoms with Crippen LogP contribution in [0.2, 0.25) is 10.0 Å². The van der Waals surface area contributed by atoms with Gasteiger partial charge in [0.2, 0.25) is 0 Å². The maximum absolute atomic E-state index is 6.22. The molecule has 0 unspecified atom stereocenters. The van der Waals surface area contributed by atoms with Crippen molar-refractivity contribution in [3.05, 3.63) is 63.6 Å². The van der Waals surface area contributed by atoms with Crippen LogP contribution in [0.25, 0.3) is 0 Å². The molecule has 0 aromatic heterocycles. The number of nitrogens with one attached hydrogen (secondary N) is 1. The molecule has 2 aromatic carbocycles.